The van der Waals surface area contributed by atoms with Gasteiger partial charge in [0.2, 0.25) is 0 Å². The van der Waals surface area contributed by atoms with Crippen molar-refractivity contribution in [1.29, 1.82) is 0 Å². The monoisotopic (exact) mass is 191 g/mol. The van der Waals surface area contributed by atoms with Crippen LogP contribution in [-0.2, 0) is 23.5 Å². The molecule has 0 N–H and O–H groups in total. The lowest BCUT2D eigenvalue weighted by Crippen LogP contribution is -2.18. The molecule has 1 heteroatoms. The van der Waals surface area contributed by atoms with Gasteiger partial charge in [-0.15, -0.1) is 0 Å². The molecule has 1 aromatic rings. The maximum absolute atomic E-state index is 12.1. The van der Waals surface area contributed by atoms with E-state index >= 15 is 0 Å². The second-order valence-corrected chi connectivity index (χ2v) is 4.17. The summed E-state index contributed by atoms with van der Waals surface area (Å²) >= 11 is 0. The average molecular weight is 191 g/mol. The predicted octanol–water partition coefficient (Wildman–Crippen LogP) is 3.48. The second kappa shape index (κ2) is 4.14. The van der Waals surface area contributed by atoms with Gasteiger partial charge in [-0.05, 0) is 43.4 Å². The zero-order chi connectivity index (χ0) is 10.8. The van der Waals surface area contributed by atoms with E-state index in [-0.39, 0.29) is 0 Å². The molecule has 77 valence electrons. The maximum atomic E-state index is 12.1. The molecule has 0 spiro atoms. The fourth-order valence-electron chi connectivity index (χ4n) is 2.02. The third kappa shape index (κ3) is 2.16. The van der Waals surface area contributed by atoms with Crippen molar-refractivity contribution in [2.75, 3.05) is 0 Å². The summed E-state index contributed by atoms with van der Waals surface area (Å²) in [4.78, 5) is 0. The zero-order valence-electron chi connectivity index (χ0n) is 9.55. The van der Waals surface area contributed by atoms with Crippen LogP contribution in [0.3, 0.4) is 0 Å². The van der Waals surface area contributed by atoms with E-state index < -0.39 is 5.60 Å². The standard InChI is InChI=1S/C13H19O/c1-5-10-8-7-9-11(6-2)12(10)13(3,4)14/h7-9H,5-6H2,1-4H3. The van der Waals surface area contributed by atoms with E-state index in [1.807, 2.05) is 6.07 Å². The summed E-state index contributed by atoms with van der Waals surface area (Å²) in [6.07, 6.45) is 1.88. The number of rotatable bonds is 3. The van der Waals surface area contributed by atoms with Gasteiger partial charge in [0.15, 0.2) is 0 Å². The Morgan fingerprint density at radius 2 is 1.50 bits per heavy atom. The van der Waals surface area contributed by atoms with Crippen molar-refractivity contribution in [1.82, 2.24) is 0 Å². The Labute approximate surface area is 86.8 Å². The smallest absolute Gasteiger partial charge is 0.123 e. The van der Waals surface area contributed by atoms with Crippen LogP contribution in [-0.4, -0.2) is 0 Å². The lowest BCUT2D eigenvalue weighted by Gasteiger charge is -2.22. The third-order valence-electron chi connectivity index (χ3n) is 2.60. The highest BCUT2D eigenvalue weighted by molar-refractivity contribution is 5.39. The summed E-state index contributed by atoms with van der Waals surface area (Å²) < 4.78 is 0. The molecule has 0 saturated heterocycles. The lowest BCUT2D eigenvalue weighted by molar-refractivity contribution is -0.00151. The minimum absolute atomic E-state index is 0.939. The minimum Gasteiger partial charge on any atom is -0.225 e. The summed E-state index contributed by atoms with van der Waals surface area (Å²) in [7, 11) is 0. The molecule has 0 unspecified atom stereocenters. The Morgan fingerprint density at radius 3 is 1.79 bits per heavy atom. The van der Waals surface area contributed by atoms with Crippen molar-refractivity contribution >= 4 is 0 Å². The van der Waals surface area contributed by atoms with Crippen LogP contribution in [0.2, 0.25) is 0 Å². The normalized spacial score (nSPS) is 11.8. The Balaban J connectivity index is 3.34. The Morgan fingerprint density at radius 1 is 1.07 bits per heavy atom. The van der Waals surface area contributed by atoms with Crippen molar-refractivity contribution < 1.29 is 5.11 Å². The van der Waals surface area contributed by atoms with Crippen LogP contribution < -0.4 is 0 Å². The molecule has 0 aliphatic carbocycles. The lowest BCUT2D eigenvalue weighted by atomic mass is 9.87. The van der Waals surface area contributed by atoms with Gasteiger partial charge in [0.25, 0.3) is 0 Å². The summed E-state index contributed by atoms with van der Waals surface area (Å²) in [5.41, 5.74) is 2.43. The van der Waals surface area contributed by atoms with Gasteiger partial charge in [-0.1, -0.05) is 32.0 Å². The molecule has 0 aliphatic heterocycles. The molecular weight excluding hydrogens is 172 g/mol. The Kier molecular flexibility index (Phi) is 3.33. The Bertz CT molecular complexity index is 285. The van der Waals surface area contributed by atoms with Gasteiger partial charge in [-0.3, -0.25) is 0 Å². The second-order valence-electron chi connectivity index (χ2n) is 4.17. The van der Waals surface area contributed by atoms with Crippen LogP contribution >= 0.6 is 0 Å². The van der Waals surface area contributed by atoms with Crippen LogP contribution in [0.4, 0.5) is 0 Å². The van der Waals surface area contributed by atoms with Gasteiger partial charge >= 0.3 is 0 Å². The molecule has 0 aliphatic rings. The molecule has 0 saturated carbocycles. The van der Waals surface area contributed by atoms with Crippen molar-refractivity contribution in [2.45, 2.75) is 46.1 Å². The topological polar surface area (TPSA) is 19.9 Å². The molecule has 1 aromatic carbocycles. The van der Waals surface area contributed by atoms with Crippen LogP contribution in [0.25, 0.3) is 0 Å². The maximum Gasteiger partial charge on any atom is 0.123 e. The zero-order valence-corrected chi connectivity index (χ0v) is 9.55. The quantitative estimate of drug-likeness (QED) is 0.697. The first kappa shape index (κ1) is 11.3. The summed E-state index contributed by atoms with van der Waals surface area (Å²) in [5.74, 6) is 0. The van der Waals surface area contributed by atoms with Gasteiger partial charge in [-0.2, -0.15) is 0 Å². The molecular formula is C13H19O. The van der Waals surface area contributed by atoms with E-state index in [0.29, 0.717) is 0 Å². The van der Waals surface area contributed by atoms with E-state index in [1.54, 1.807) is 13.8 Å². The minimum atomic E-state index is -0.974. The van der Waals surface area contributed by atoms with Crippen LogP contribution in [0.1, 0.15) is 44.4 Å². The van der Waals surface area contributed by atoms with E-state index in [9.17, 15) is 5.11 Å². The van der Waals surface area contributed by atoms with Gasteiger partial charge in [0.05, 0.1) is 0 Å². The molecule has 0 heterocycles. The molecule has 1 nitrogen and oxygen atoms in total. The van der Waals surface area contributed by atoms with Crippen molar-refractivity contribution in [3.8, 4) is 0 Å². The fraction of sp³-hybridized carbons (Fsp3) is 0.538. The molecule has 1 rings (SSSR count). The molecule has 14 heavy (non-hydrogen) atoms. The van der Waals surface area contributed by atoms with Crippen LogP contribution in [0, 0.1) is 0 Å². The SMILES string of the molecule is CCc1cccc(CC)c1C(C)(C)[O]. The highest BCUT2D eigenvalue weighted by Crippen LogP contribution is 2.28. The summed E-state index contributed by atoms with van der Waals surface area (Å²) in [5, 5.41) is 12.1. The van der Waals surface area contributed by atoms with Crippen LogP contribution in [0.5, 0.6) is 0 Å². The predicted molar refractivity (Wildman–Crippen MR) is 58.9 cm³/mol. The molecule has 0 aromatic heterocycles. The summed E-state index contributed by atoms with van der Waals surface area (Å²) in [6.45, 7) is 7.70. The van der Waals surface area contributed by atoms with Crippen LogP contribution in [0.15, 0.2) is 18.2 Å². The van der Waals surface area contributed by atoms with E-state index in [2.05, 4.69) is 26.0 Å². The van der Waals surface area contributed by atoms with E-state index in [1.165, 1.54) is 11.1 Å². The molecule has 0 fully saturated rings. The van der Waals surface area contributed by atoms with E-state index in [0.717, 1.165) is 18.4 Å². The first-order chi connectivity index (χ1) is 6.50. The van der Waals surface area contributed by atoms with Gasteiger partial charge in [-0.25, -0.2) is 5.11 Å². The summed E-state index contributed by atoms with van der Waals surface area (Å²) in [6, 6.07) is 6.18. The van der Waals surface area contributed by atoms with Gasteiger partial charge in [0, 0.05) is 0 Å². The third-order valence-corrected chi connectivity index (χ3v) is 2.60. The van der Waals surface area contributed by atoms with Gasteiger partial charge in [0.1, 0.15) is 5.60 Å². The van der Waals surface area contributed by atoms with E-state index in [4.69, 9.17) is 0 Å². The van der Waals surface area contributed by atoms with Crippen molar-refractivity contribution in [3.05, 3.63) is 34.9 Å². The van der Waals surface area contributed by atoms with Gasteiger partial charge < -0.3 is 0 Å². The number of aryl methyl sites for hydroxylation is 2. The van der Waals surface area contributed by atoms with Crippen molar-refractivity contribution in [2.24, 2.45) is 0 Å². The fourth-order valence-corrected chi connectivity index (χ4v) is 2.02. The molecule has 0 bridgehead atoms. The molecule has 0 amide bonds. The number of hydrogen-bond donors (Lipinski definition) is 0. The highest BCUT2D eigenvalue weighted by Gasteiger charge is 2.24. The molecule has 0 atom stereocenters. The Hall–Kier alpha value is -0.820. The largest absolute Gasteiger partial charge is 0.225 e. The van der Waals surface area contributed by atoms with Crippen molar-refractivity contribution in [3.63, 3.8) is 0 Å². The first-order valence-electron chi connectivity index (χ1n) is 5.32. The first-order valence-corrected chi connectivity index (χ1v) is 5.32. The number of benzene rings is 1. The highest BCUT2D eigenvalue weighted by atomic mass is 16.3. The average Bonchev–Trinajstić information content (AvgIpc) is 2.15. The number of hydrogen-bond acceptors (Lipinski definition) is 0. The molecule has 1 radical (unpaired) electrons.